The number of thiazole rings is 1. The van der Waals surface area contributed by atoms with Crippen molar-refractivity contribution in [1.82, 2.24) is 4.98 Å². The Morgan fingerprint density at radius 3 is 2.90 bits per heavy atom. The maximum absolute atomic E-state index is 6.76. The molecule has 0 aliphatic rings. The highest BCUT2D eigenvalue weighted by molar-refractivity contribution is 7.11. The number of nitrogens with zero attached hydrogens (tertiary/aromatic N) is 2. The summed E-state index contributed by atoms with van der Waals surface area (Å²) in [5.74, 6) is 0. The Bertz CT molecular complexity index is 259. The van der Waals surface area contributed by atoms with Crippen LogP contribution in [0, 0.1) is 13.5 Å². The van der Waals surface area contributed by atoms with Gasteiger partial charge in [-0.25, -0.2) is 11.6 Å². The molecule has 2 nitrogen and oxygen atoms in total. The maximum atomic E-state index is 6.76. The molecule has 0 radical (unpaired) electrons. The van der Waals surface area contributed by atoms with Gasteiger partial charge in [-0.15, -0.1) is 11.3 Å². The molecule has 0 amide bonds. The third kappa shape index (κ3) is 1.34. The second kappa shape index (κ2) is 2.80. The van der Waals surface area contributed by atoms with Crippen molar-refractivity contribution >= 4 is 11.3 Å². The van der Waals surface area contributed by atoms with E-state index in [9.17, 15) is 0 Å². The van der Waals surface area contributed by atoms with Crippen molar-refractivity contribution in [2.75, 3.05) is 0 Å². The van der Waals surface area contributed by atoms with Gasteiger partial charge in [-0.1, -0.05) is 0 Å². The van der Waals surface area contributed by atoms with Crippen molar-refractivity contribution in [3.8, 4) is 0 Å². The van der Waals surface area contributed by atoms with Gasteiger partial charge in [0, 0.05) is 13.1 Å². The molecule has 0 bridgehead atoms. The number of aromatic nitrogens is 1. The van der Waals surface area contributed by atoms with Crippen LogP contribution in [0.4, 0.5) is 0 Å². The fraction of sp³-hybridized carbons (Fsp3) is 0.429. The zero-order valence-corrected chi connectivity index (χ0v) is 6.77. The molecule has 0 saturated heterocycles. The van der Waals surface area contributed by atoms with Gasteiger partial charge in [0.25, 0.3) is 6.04 Å². The highest BCUT2D eigenvalue weighted by Gasteiger charge is 2.10. The number of hydrogen-bond donors (Lipinski definition) is 0. The first-order chi connectivity index (χ1) is 4.74. The molecule has 3 heteroatoms. The molecule has 1 rings (SSSR count). The molecule has 0 N–H and O–H groups in total. The van der Waals surface area contributed by atoms with Crippen molar-refractivity contribution in [1.29, 1.82) is 0 Å². The largest absolute Gasteiger partial charge is 0.308 e. The molecule has 0 aromatic carbocycles. The lowest BCUT2D eigenvalue weighted by Crippen LogP contribution is -1.78. The number of hydrogen-bond acceptors (Lipinski definition) is 2. The van der Waals surface area contributed by atoms with Crippen molar-refractivity contribution in [2.45, 2.75) is 19.9 Å². The van der Waals surface area contributed by atoms with Gasteiger partial charge in [-0.3, -0.25) is 0 Å². The van der Waals surface area contributed by atoms with Gasteiger partial charge in [0.15, 0.2) is 0 Å². The van der Waals surface area contributed by atoms with E-state index >= 15 is 0 Å². The minimum Gasteiger partial charge on any atom is -0.308 e. The third-order valence-corrected chi connectivity index (χ3v) is 2.33. The van der Waals surface area contributed by atoms with Crippen LogP contribution in [0.25, 0.3) is 4.85 Å². The summed E-state index contributed by atoms with van der Waals surface area (Å²) in [6, 6.07) is -0.0220. The monoisotopic (exact) mass is 152 g/mol. The Hall–Kier alpha value is -0.880. The van der Waals surface area contributed by atoms with Crippen LogP contribution in [0.2, 0.25) is 0 Å². The summed E-state index contributed by atoms with van der Waals surface area (Å²) in [5, 5.41) is 1.03. The van der Waals surface area contributed by atoms with E-state index in [4.69, 9.17) is 6.57 Å². The van der Waals surface area contributed by atoms with E-state index in [1.54, 1.807) is 17.5 Å². The number of rotatable bonds is 1. The minimum absolute atomic E-state index is 0.0220. The summed E-state index contributed by atoms with van der Waals surface area (Å²) in [6.07, 6.45) is 1.78. The standard InChI is InChI=1S/C7H8N2S/c1-5(8-3)7-4-9-6(2)10-7/h4-5H,1-2H3. The van der Waals surface area contributed by atoms with E-state index in [1.807, 2.05) is 13.8 Å². The van der Waals surface area contributed by atoms with Gasteiger partial charge < -0.3 is 4.85 Å². The highest BCUT2D eigenvalue weighted by Crippen LogP contribution is 2.22. The topological polar surface area (TPSA) is 17.2 Å². The van der Waals surface area contributed by atoms with Crippen molar-refractivity contribution < 1.29 is 0 Å². The molecule has 10 heavy (non-hydrogen) atoms. The van der Waals surface area contributed by atoms with E-state index < -0.39 is 0 Å². The van der Waals surface area contributed by atoms with Gasteiger partial charge >= 0.3 is 0 Å². The molecule has 0 fully saturated rings. The van der Waals surface area contributed by atoms with E-state index in [-0.39, 0.29) is 6.04 Å². The van der Waals surface area contributed by atoms with E-state index in [1.165, 1.54) is 0 Å². The Morgan fingerprint density at radius 2 is 2.50 bits per heavy atom. The predicted molar refractivity (Wildman–Crippen MR) is 41.9 cm³/mol. The minimum atomic E-state index is -0.0220. The molecule has 52 valence electrons. The van der Waals surface area contributed by atoms with Crippen LogP contribution in [-0.4, -0.2) is 4.98 Å². The van der Waals surface area contributed by atoms with E-state index in [0.29, 0.717) is 0 Å². The molecule has 1 aromatic heterocycles. The third-order valence-electron chi connectivity index (χ3n) is 1.24. The second-order valence-corrected chi connectivity index (χ2v) is 3.35. The van der Waals surface area contributed by atoms with Crippen LogP contribution in [0.5, 0.6) is 0 Å². The SMILES string of the molecule is [C-]#[N+]C(C)c1cnc(C)s1. The average Bonchev–Trinajstić information content (AvgIpc) is 2.34. The number of aryl methyl sites for hydroxylation is 1. The Kier molecular flexibility index (Phi) is 2.03. The van der Waals surface area contributed by atoms with Crippen LogP contribution >= 0.6 is 11.3 Å². The van der Waals surface area contributed by atoms with Crippen LogP contribution in [-0.2, 0) is 0 Å². The quantitative estimate of drug-likeness (QED) is 0.565. The molecular weight excluding hydrogens is 144 g/mol. The van der Waals surface area contributed by atoms with Crippen LogP contribution in [0.1, 0.15) is 22.9 Å². The van der Waals surface area contributed by atoms with E-state index in [2.05, 4.69) is 9.83 Å². The fourth-order valence-corrected chi connectivity index (χ4v) is 1.41. The summed E-state index contributed by atoms with van der Waals surface area (Å²) in [4.78, 5) is 8.52. The van der Waals surface area contributed by atoms with Crippen molar-refractivity contribution in [3.05, 3.63) is 27.5 Å². The molecular formula is C7H8N2S. The molecule has 0 aliphatic carbocycles. The van der Waals surface area contributed by atoms with Crippen molar-refractivity contribution in [3.63, 3.8) is 0 Å². The Labute approximate surface area is 64.4 Å². The predicted octanol–water partition coefficient (Wildman–Crippen LogP) is 2.43. The second-order valence-electron chi connectivity index (χ2n) is 2.09. The zero-order valence-electron chi connectivity index (χ0n) is 5.96. The summed E-state index contributed by atoms with van der Waals surface area (Å²) in [7, 11) is 0. The van der Waals surface area contributed by atoms with Gasteiger partial charge in [-0.05, 0) is 6.92 Å². The summed E-state index contributed by atoms with van der Waals surface area (Å²) < 4.78 is 0. The molecule has 0 aliphatic heterocycles. The highest BCUT2D eigenvalue weighted by atomic mass is 32.1. The van der Waals surface area contributed by atoms with Gasteiger partial charge in [-0.2, -0.15) is 0 Å². The first-order valence-corrected chi connectivity index (χ1v) is 3.84. The normalized spacial score (nSPS) is 12.5. The first kappa shape index (κ1) is 7.23. The molecule has 0 saturated carbocycles. The maximum Gasteiger partial charge on any atom is 0.256 e. The lowest BCUT2D eigenvalue weighted by Gasteiger charge is -1.88. The summed E-state index contributed by atoms with van der Waals surface area (Å²) >= 11 is 1.60. The Balaban J connectivity index is 2.87. The smallest absolute Gasteiger partial charge is 0.256 e. The molecule has 1 aromatic rings. The lowest BCUT2D eigenvalue weighted by molar-refractivity contribution is 0.983. The van der Waals surface area contributed by atoms with Crippen LogP contribution in [0.15, 0.2) is 6.20 Å². The van der Waals surface area contributed by atoms with Gasteiger partial charge in [0.05, 0.1) is 5.01 Å². The zero-order chi connectivity index (χ0) is 7.56. The van der Waals surface area contributed by atoms with Crippen LogP contribution in [0.3, 0.4) is 0 Å². The molecule has 1 heterocycles. The van der Waals surface area contributed by atoms with Gasteiger partial charge in [0.1, 0.15) is 4.88 Å². The van der Waals surface area contributed by atoms with Crippen LogP contribution < -0.4 is 0 Å². The fourth-order valence-electron chi connectivity index (χ4n) is 0.635. The summed E-state index contributed by atoms with van der Waals surface area (Å²) in [5.41, 5.74) is 0. The van der Waals surface area contributed by atoms with Gasteiger partial charge in [0.2, 0.25) is 0 Å². The average molecular weight is 152 g/mol. The molecule has 1 unspecified atom stereocenters. The Morgan fingerprint density at radius 1 is 1.80 bits per heavy atom. The van der Waals surface area contributed by atoms with E-state index in [0.717, 1.165) is 9.88 Å². The first-order valence-electron chi connectivity index (χ1n) is 3.03. The molecule has 0 spiro atoms. The lowest BCUT2D eigenvalue weighted by atomic mass is 10.3. The molecule has 1 atom stereocenters. The summed E-state index contributed by atoms with van der Waals surface area (Å²) in [6.45, 7) is 10.6. The van der Waals surface area contributed by atoms with Crippen molar-refractivity contribution in [2.24, 2.45) is 0 Å².